The van der Waals surface area contributed by atoms with Gasteiger partial charge in [-0.1, -0.05) is 24.6 Å². The highest BCUT2D eigenvalue weighted by molar-refractivity contribution is 5.94. The minimum atomic E-state index is -0.162. The van der Waals surface area contributed by atoms with Crippen LogP contribution in [0.25, 0.3) is 0 Å². The van der Waals surface area contributed by atoms with Gasteiger partial charge in [0.25, 0.3) is 0 Å². The maximum absolute atomic E-state index is 12.7. The molecule has 0 radical (unpaired) electrons. The van der Waals surface area contributed by atoms with Crippen LogP contribution in [-0.4, -0.2) is 36.3 Å². The molecule has 2 bridgehead atoms. The van der Waals surface area contributed by atoms with E-state index >= 15 is 0 Å². The third kappa shape index (κ3) is 3.78. The maximum atomic E-state index is 12.7. The highest BCUT2D eigenvalue weighted by Crippen LogP contribution is 2.42. The number of rotatable bonds is 4. The smallest absolute Gasteiger partial charge is 0.243 e. The van der Waals surface area contributed by atoms with Gasteiger partial charge >= 0.3 is 0 Å². The van der Waals surface area contributed by atoms with E-state index in [0.717, 1.165) is 31.4 Å². The number of hydrogen-bond acceptors (Lipinski definition) is 3. The van der Waals surface area contributed by atoms with Gasteiger partial charge in [0.2, 0.25) is 11.8 Å². The summed E-state index contributed by atoms with van der Waals surface area (Å²) in [6, 6.07) is 9.57. The molecule has 0 aliphatic heterocycles. The van der Waals surface area contributed by atoms with Gasteiger partial charge in [-0.05, 0) is 49.7 Å². The molecule has 0 saturated heterocycles. The Bertz CT molecular complexity index is 576. The number of amides is 2. The third-order valence-corrected chi connectivity index (χ3v) is 5.58. The minimum absolute atomic E-state index is 0.0228. The van der Waals surface area contributed by atoms with Crippen molar-refractivity contribution >= 4 is 17.5 Å². The fourth-order valence-electron chi connectivity index (χ4n) is 4.32. The van der Waals surface area contributed by atoms with Gasteiger partial charge in [0, 0.05) is 24.7 Å². The van der Waals surface area contributed by atoms with Gasteiger partial charge in [-0.3, -0.25) is 9.59 Å². The Labute approximate surface area is 143 Å². The lowest BCUT2D eigenvalue weighted by Crippen LogP contribution is -2.49. The first-order valence-electron chi connectivity index (χ1n) is 8.90. The molecule has 2 unspecified atom stereocenters. The van der Waals surface area contributed by atoms with Crippen LogP contribution >= 0.6 is 0 Å². The number of likely N-dealkylation sites (N-methyl/N-ethyl adjacent to an activating group) is 1. The second-order valence-corrected chi connectivity index (χ2v) is 7.31. The highest BCUT2D eigenvalue weighted by Gasteiger charge is 2.41. The van der Waals surface area contributed by atoms with Gasteiger partial charge in [-0.2, -0.15) is 0 Å². The molecule has 130 valence electrons. The van der Waals surface area contributed by atoms with Crippen molar-refractivity contribution in [3.05, 3.63) is 30.3 Å². The first kappa shape index (κ1) is 17.0. The summed E-state index contributed by atoms with van der Waals surface area (Å²) < 4.78 is 0. The molecule has 0 heterocycles. The molecule has 5 heteroatoms. The monoisotopic (exact) mass is 329 g/mol. The summed E-state index contributed by atoms with van der Waals surface area (Å²) in [5.41, 5.74) is 7.05. The molecule has 2 fully saturated rings. The zero-order valence-corrected chi connectivity index (χ0v) is 14.3. The fraction of sp³-hybridized carbons (Fsp3) is 0.579. The van der Waals surface area contributed by atoms with E-state index in [-0.39, 0.29) is 30.3 Å². The molecule has 2 atom stereocenters. The summed E-state index contributed by atoms with van der Waals surface area (Å²) in [5.74, 6) is 0.886. The van der Waals surface area contributed by atoms with Crippen molar-refractivity contribution in [3.63, 3.8) is 0 Å². The van der Waals surface area contributed by atoms with Gasteiger partial charge in [-0.25, -0.2) is 0 Å². The lowest BCUT2D eigenvalue weighted by Gasteiger charge is -2.44. The number of benzene rings is 1. The van der Waals surface area contributed by atoms with E-state index in [2.05, 4.69) is 5.32 Å². The first-order chi connectivity index (χ1) is 11.5. The molecule has 0 aromatic heterocycles. The molecule has 0 spiro atoms. The highest BCUT2D eigenvalue weighted by atomic mass is 16.2. The van der Waals surface area contributed by atoms with Gasteiger partial charge in [0.15, 0.2) is 0 Å². The van der Waals surface area contributed by atoms with Crippen LogP contribution in [0.5, 0.6) is 0 Å². The molecule has 2 aliphatic carbocycles. The third-order valence-electron chi connectivity index (χ3n) is 5.58. The number of nitrogens with two attached hydrogens (primary N) is 1. The number of hydrogen-bond donors (Lipinski definition) is 2. The normalized spacial score (nSPS) is 28.9. The van der Waals surface area contributed by atoms with Crippen LogP contribution in [0.3, 0.4) is 0 Å². The quantitative estimate of drug-likeness (QED) is 0.889. The maximum Gasteiger partial charge on any atom is 0.243 e. The van der Waals surface area contributed by atoms with Crippen molar-refractivity contribution in [2.45, 2.75) is 38.1 Å². The topological polar surface area (TPSA) is 75.4 Å². The minimum Gasteiger partial charge on any atom is -0.336 e. The average molecular weight is 329 g/mol. The summed E-state index contributed by atoms with van der Waals surface area (Å²) >= 11 is 0. The Morgan fingerprint density at radius 3 is 2.42 bits per heavy atom. The zero-order valence-electron chi connectivity index (χ0n) is 14.3. The lowest BCUT2D eigenvalue weighted by atomic mass is 9.65. The second-order valence-electron chi connectivity index (χ2n) is 7.31. The van der Waals surface area contributed by atoms with E-state index in [1.165, 1.54) is 6.42 Å². The van der Waals surface area contributed by atoms with Gasteiger partial charge in [-0.15, -0.1) is 0 Å². The molecule has 3 rings (SSSR count). The zero-order chi connectivity index (χ0) is 17.1. The van der Waals surface area contributed by atoms with Gasteiger partial charge < -0.3 is 16.0 Å². The van der Waals surface area contributed by atoms with Crippen molar-refractivity contribution in [2.24, 2.45) is 23.5 Å². The van der Waals surface area contributed by atoms with Gasteiger partial charge in [0.1, 0.15) is 0 Å². The van der Waals surface area contributed by atoms with E-state index in [9.17, 15) is 9.59 Å². The van der Waals surface area contributed by atoms with Crippen LogP contribution in [0.1, 0.15) is 32.1 Å². The Morgan fingerprint density at radius 1 is 1.17 bits per heavy atom. The molecule has 2 saturated carbocycles. The Balaban J connectivity index is 1.54. The van der Waals surface area contributed by atoms with Crippen molar-refractivity contribution < 1.29 is 9.59 Å². The molecule has 2 aliphatic rings. The van der Waals surface area contributed by atoms with Crippen LogP contribution < -0.4 is 11.1 Å². The number of carbonyl (C=O) groups is 2. The summed E-state index contributed by atoms with van der Waals surface area (Å²) in [5, 5.41) is 2.82. The van der Waals surface area contributed by atoms with Crippen molar-refractivity contribution in [1.82, 2.24) is 4.90 Å². The molecule has 24 heavy (non-hydrogen) atoms. The summed E-state index contributed by atoms with van der Waals surface area (Å²) in [6.45, 7) is 0.0889. The molecule has 1 aromatic rings. The number of fused-ring (bicyclic) bond motifs is 2. The van der Waals surface area contributed by atoms with Crippen molar-refractivity contribution in [2.75, 3.05) is 18.9 Å². The SMILES string of the molecule is CN(CC(=O)Nc1ccccc1)C(=O)C1CC2CCCC(C1)C2N. The largest absolute Gasteiger partial charge is 0.336 e. The van der Waals surface area contributed by atoms with E-state index in [1.54, 1.807) is 11.9 Å². The number of carbonyl (C=O) groups excluding carboxylic acids is 2. The lowest BCUT2D eigenvalue weighted by molar-refractivity contribution is -0.139. The summed E-state index contributed by atoms with van der Waals surface area (Å²) in [6.07, 6.45) is 5.26. The number of nitrogens with one attached hydrogen (secondary N) is 1. The van der Waals surface area contributed by atoms with E-state index in [1.807, 2.05) is 30.3 Å². The molecule has 2 amide bonds. The average Bonchev–Trinajstić information content (AvgIpc) is 2.54. The molecular weight excluding hydrogens is 302 g/mol. The first-order valence-corrected chi connectivity index (χ1v) is 8.90. The van der Waals surface area contributed by atoms with Crippen LogP contribution in [0.4, 0.5) is 5.69 Å². The van der Waals surface area contributed by atoms with E-state index in [0.29, 0.717) is 11.8 Å². The van der Waals surface area contributed by atoms with Crippen LogP contribution in [0.15, 0.2) is 30.3 Å². The molecular formula is C19H27N3O2. The second kappa shape index (κ2) is 7.34. The van der Waals surface area contributed by atoms with Crippen LogP contribution in [0.2, 0.25) is 0 Å². The van der Waals surface area contributed by atoms with E-state index in [4.69, 9.17) is 5.73 Å². The van der Waals surface area contributed by atoms with Crippen LogP contribution in [-0.2, 0) is 9.59 Å². The van der Waals surface area contributed by atoms with Crippen molar-refractivity contribution in [1.29, 1.82) is 0 Å². The Hall–Kier alpha value is -1.88. The number of para-hydroxylation sites is 1. The molecule has 5 nitrogen and oxygen atoms in total. The van der Waals surface area contributed by atoms with Gasteiger partial charge in [0.05, 0.1) is 6.54 Å². The predicted octanol–water partition coefficient (Wildman–Crippen LogP) is 2.24. The fourth-order valence-corrected chi connectivity index (χ4v) is 4.32. The van der Waals surface area contributed by atoms with Crippen molar-refractivity contribution in [3.8, 4) is 0 Å². The summed E-state index contributed by atoms with van der Waals surface area (Å²) in [7, 11) is 1.72. The number of anilines is 1. The molecule has 3 N–H and O–H groups in total. The summed E-state index contributed by atoms with van der Waals surface area (Å²) in [4.78, 5) is 26.4. The van der Waals surface area contributed by atoms with E-state index < -0.39 is 0 Å². The standard InChI is InChI=1S/C19H27N3O2/c1-22(12-17(23)21-16-8-3-2-4-9-16)19(24)15-10-13-6-5-7-14(11-15)18(13)20/h2-4,8-9,13-15,18H,5-7,10-12,20H2,1H3,(H,21,23). The molecule has 1 aromatic carbocycles. The van der Waals surface area contributed by atoms with Crippen LogP contribution in [0, 0.1) is 17.8 Å². The Morgan fingerprint density at radius 2 is 1.79 bits per heavy atom. The number of nitrogens with zero attached hydrogens (tertiary/aromatic N) is 1. The predicted molar refractivity (Wildman–Crippen MR) is 94.2 cm³/mol. The Kier molecular flexibility index (Phi) is 5.19.